The molecule has 1 N–H and O–H groups in total. The number of hydrogen-bond donors (Lipinski definition) is 1. The minimum Gasteiger partial charge on any atom is -0.490 e. The Morgan fingerprint density at radius 2 is 1.82 bits per heavy atom. The summed E-state index contributed by atoms with van der Waals surface area (Å²) in [5.41, 5.74) is 3.48. The second-order valence-corrected chi connectivity index (χ2v) is 8.42. The van der Waals surface area contributed by atoms with Gasteiger partial charge >= 0.3 is 0 Å². The highest BCUT2D eigenvalue weighted by atomic mass is 127. The molecule has 0 aromatic heterocycles. The Morgan fingerprint density at radius 1 is 1.09 bits per heavy atom. The van der Waals surface area contributed by atoms with Gasteiger partial charge in [-0.15, -0.1) is 0 Å². The largest absolute Gasteiger partial charge is 0.490 e. The van der Waals surface area contributed by atoms with Gasteiger partial charge in [0.1, 0.15) is 18.2 Å². The third kappa shape index (κ3) is 6.15. The molecule has 0 unspecified atom stereocenters. The van der Waals surface area contributed by atoms with Gasteiger partial charge in [0.15, 0.2) is 11.5 Å². The molecule has 0 saturated heterocycles. The molecular weight excluding hydrogens is 541 g/mol. The molecule has 7 heteroatoms. The van der Waals surface area contributed by atoms with Crippen LogP contribution in [0.15, 0.2) is 66.2 Å². The molecule has 0 atom stereocenters. The lowest BCUT2D eigenvalue weighted by Crippen LogP contribution is -2.14. The van der Waals surface area contributed by atoms with Gasteiger partial charge in [0.05, 0.1) is 21.8 Å². The van der Waals surface area contributed by atoms with E-state index < -0.39 is 5.91 Å². The van der Waals surface area contributed by atoms with Crippen LogP contribution >= 0.6 is 22.6 Å². The van der Waals surface area contributed by atoms with Crippen molar-refractivity contribution in [3.63, 3.8) is 0 Å². The molecule has 3 aromatic rings. The smallest absolute Gasteiger partial charge is 0.266 e. The molecule has 0 spiro atoms. The van der Waals surface area contributed by atoms with Crippen LogP contribution in [0.1, 0.15) is 29.2 Å². The maximum Gasteiger partial charge on any atom is 0.266 e. The summed E-state index contributed by atoms with van der Waals surface area (Å²) in [5, 5.41) is 21.7. The number of hydrogen-bond acceptors (Lipinski definition) is 5. The average molecular weight is 563 g/mol. The third-order valence-electron chi connectivity index (χ3n) is 4.91. The van der Waals surface area contributed by atoms with E-state index in [4.69, 9.17) is 9.47 Å². The number of ether oxygens (including phenoxy) is 2. The van der Waals surface area contributed by atoms with Gasteiger partial charge in [-0.05, 0) is 77.9 Å². The van der Waals surface area contributed by atoms with E-state index in [1.165, 1.54) is 6.08 Å². The fourth-order valence-corrected chi connectivity index (χ4v) is 3.98. The topological polar surface area (TPSA) is 95.1 Å². The van der Waals surface area contributed by atoms with Crippen molar-refractivity contribution in [2.75, 3.05) is 11.9 Å². The van der Waals surface area contributed by atoms with Crippen molar-refractivity contribution in [2.45, 2.75) is 20.5 Å². The number of amides is 1. The Kier molecular flexibility index (Phi) is 8.66. The van der Waals surface area contributed by atoms with Crippen LogP contribution in [0.5, 0.6) is 11.5 Å². The number of carbonyl (C=O) groups excluding carboxylic acids is 1. The lowest BCUT2D eigenvalue weighted by molar-refractivity contribution is -0.112. The summed E-state index contributed by atoms with van der Waals surface area (Å²) in [4.78, 5) is 12.7. The van der Waals surface area contributed by atoms with Crippen molar-refractivity contribution in [1.82, 2.24) is 0 Å². The Bertz CT molecular complexity index is 1320. The molecule has 0 fully saturated rings. The summed E-state index contributed by atoms with van der Waals surface area (Å²) in [6.45, 7) is 4.36. The Morgan fingerprint density at radius 3 is 2.53 bits per heavy atom. The summed E-state index contributed by atoms with van der Waals surface area (Å²) in [5.74, 6) is 0.542. The normalized spacial score (nSPS) is 10.7. The van der Waals surface area contributed by atoms with Gasteiger partial charge in [0.2, 0.25) is 0 Å². The van der Waals surface area contributed by atoms with Gasteiger partial charge < -0.3 is 14.8 Å². The first kappa shape index (κ1) is 24.8. The summed E-state index contributed by atoms with van der Waals surface area (Å²) in [6, 6.07) is 22.3. The molecule has 0 saturated carbocycles. The SMILES string of the molecule is CCOc1cc(/C=C(\C#N)C(=O)Nc2ccccc2C)cc(I)c1OCc1ccccc1C#N. The van der Waals surface area contributed by atoms with Crippen LogP contribution in [-0.4, -0.2) is 12.5 Å². The molecule has 0 heterocycles. The van der Waals surface area contributed by atoms with Crippen LogP contribution < -0.4 is 14.8 Å². The van der Waals surface area contributed by atoms with E-state index in [0.29, 0.717) is 34.9 Å². The highest BCUT2D eigenvalue weighted by Crippen LogP contribution is 2.35. The standard InChI is InChI=1S/C27H22IN3O3/c1-3-33-25-14-19(12-22(16-30)27(32)31-24-11-7-4-8-18(24)2)13-23(28)26(25)34-17-21-10-6-5-9-20(21)15-29/h4-14H,3,17H2,1-2H3,(H,31,32)/b22-12+. The molecule has 6 nitrogen and oxygen atoms in total. The number of nitriles is 2. The van der Waals surface area contributed by atoms with Crippen LogP contribution in [-0.2, 0) is 11.4 Å². The number of aryl methyl sites for hydroxylation is 1. The number of anilines is 1. The first-order chi connectivity index (χ1) is 16.5. The highest BCUT2D eigenvalue weighted by molar-refractivity contribution is 14.1. The van der Waals surface area contributed by atoms with Crippen molar-refractivity contribution < 1.29 is 14.3 Å². The molecule has 0 aliphatic rings. The number of para-hydroxylation sites is 1. The first-order valence-electron chi connectivity index (χ1n) is 10.5. The maximum absolute atomic E-state index is 12.7. The minimum atomic E-state index is -0.488. The second kappa shape index (κ2) is 11.9. The zero-order valence-electron chi connectivity index (χ0n) is 18.8. The summed E-state index contributed by atoms with van der Waals surface area (Å²) in [6.07, 6.45) is 1.52. The van der Waals surface area contributed by atoms with E-state index in [0.717, 1.165) is 14.7 Å². The number of halogens is 1. The maximum atomic E-state index is 12.7. The van der Waals surface area contributed by atoms with Gasteiger partial charge in [-0.2, -0.15) is 10.5 Å². The van der Waals surface area contributed by atoms with Crippen molar-refractivity contribution in [2.24, 2.45) is 0 Å². The van der Waals surface area contributed by atoms with Crippen LogP contribution in [0.25, 0.3) is 6.08 Å². The summed E-state index contributed by atoms with van der Waals surface area (Å²) < 4.78 is 12.6. The van der Waals surface area contributed by atoms with Crippen molar-refractivity contribution in [3.8, 4) is 23.6 Å². The second-order valence-electron chi connectivity index (χ2n) is 7.26. The summed E-state index contributed by atoms with van der Waals surface area (Å²) in [7, 11) is 0. The molecule has 34 heavy (non-hydrogen) atoms. The zero-order valence-corrected chi connectivity index (χ0v) is 20.9. The van der Waals surface area contributed by atoms with Crippen molar-refractivity contribution in [1.29, 1.82) is 10.5 Å². The van der Waals surface area contributed by atoms with Gasteiger partial charge in [0.25, 0.3) is 5.91 Å². The Hall–Kier alpha value is -3.82. The van der Waals surface area contributed by atoms with E-state index in [1.807, 2.05) is 56.3 Å². The van der Waals surface area contributed by atoms with Crippen LogP contribution in [0.4, 0.5) is 5.69 Å². The molecule has 3 rings (SSSR count). The molecular formula is C27H22IN3O3. The molecule has 0 aliphatic heterocycles. The fraction of sp³-hybridized carbons (Fsp3) is 0.148. The Balaban J connectivity index is 1.88. The monoisotopic (exact) mass is 563 g/mol. The van der Waals surface area contributed by atoms with Crippen molar-refractivity contribution in [3.05, 3.63) is 92.1 Å². The fourth-order valence-electron chi connectivity index (χ4n) is 3.20. The molecule has 0 aliphatic carbocycles. The highest BCUT2D eigenvalue weighted by Gasteiger charge is 2.15. The van der Waals surface area contributed by atoms with E-state index in [9.17, 15) is 15.3 Å². The van der Waals surface area contributed by atoms with Gasteiger partial charge in [-0.25, -0.2) is 0 Å². The Labute approximate surface area is 212 Å². The third-order valence-corrected chi connectivity index (χ3v) is 5.71. The predicted molar refractivity (Wildman–Crippen MR) is 139 cm³/mol. The number of nitrogens with one attached hydrogen (secondary N) is 1. The van der Waals surface area contributed by atoms with Gasteiger partial charge in [0, 0.05) is 11.3 Å². The van der Waals surface area contributed by atoms with Crippen molar-refractivity contribution >= 4 is 40.3 Å². The number of carbonyl (C=O) groups is 1. The lowest BCUT2D eigenvalue weighted by atomic mass is 10.1. The predicted octanol–water partition coefficient (Wildman–Crippen LogP) is 5.99. The van der Waals surface area contributed by atoms with Gasteiger partial charge in [-0.3, -0.25) is 4.79 Å². The van der Waals surface area contributed by atoms with Crippen LogP contribution in [0.2, 0.25) is 0 Å². The number of benzene rings is 3. The van der Waals surface area contributed by atoms with E-state index in [2.05, 4.69) is 34.0 Å². The quantitative estimate of drug-likeness (QED) is 0.206. The average Bonchev–Trinajstić information content (AvgIpc) is 2.83. The lowest BCUT2D eigenvalue weighted by Gasteiger charge is -2.15. The number of nitrogens with zero attached hydrogens (tertiary/aromatic N) is 2. The minimum absolute atomic E-state index is 0.0295. The van der Waals surface area contributed by atoms with E-state index in [-0.39, 0.29) is 12.2 Å². The molecule has 1 amide bonds. The molecule has 170 valence electrons. The summed E-state index contributed by atoms with van der Waals surface area (Å²) >= 11 is 2.13. The number of rotatable bonds is 8. The molecule has 0 radical (unpaired) electrons. The van der Waals surface area contributed by atoms with Crippen LogP contribution in [0.3, 0.4) is 0 Å². The van der Waals surface area contributed by atoms with Crippen LogP contribution in [0, 0.1) is 33.2 Å². The van der Waals surface area contributed by atoms with E-state index >= 15 is 0 Å². The zero-order chi connectivity index (χ0) is 24.5. The molecule has 3 aromatic carbocycles. The van der Waals surface area contributed by atoms with E-state index in [1.54, 1.807) is 24.3 Å². The molecule has 0 bridgehead atoms. The van der Waals surface area contributed by atoms with Gasteiger partial charge in [-0.1, -0.05) is 36.4 Å². The first-order valence-corrected chi connectivity index (χ1v) is 11.6.